The lowest BCUT2D eigenvalue weighted by Crippen LogP contribution is -1.98. The summed E-state index contributed by atoms with van der Waals surface area (Å²) in [5.41, 5.74) is 2.43. The van der Waals surface area contributed by atoms with Gasteiger partial charge in [0.2, 0.25) is 0 Å². The number of nitrogens with zero attached hydrogens (tertiary/aromatic N) is 2. The van der Waals surface area contributed by atoms with E-state index in [1.165, 1.54) is 12.1 Å². The SMILES string of the molecule is Cc1cc(CCCBr)n(C)n1. The first-order valence-electron chi connectivity index (χ1n) is 3.79. The molecule has 1 rings (SSSR count). The lowest BCUT2D eigenvalue weighted by atomic mass is 10.2. The highest BCUT2D eigenvalue weighted by Crippen LogP contribution is 2.05. The molecule has 0 N–H and O–H groups in total. The van der Waals surface area contributed by atoms with E-state index in [4.69, 9.17) is 0 Å². The number of rotatable bonds is 3. The van der Waals surface area contributed by atoms with E-state index in [0.29, 0.717) is 0 Å². The van der Waals surface area contributed by atoms with E-state index in [-0.39, 0.29) is 0 Å². The maximum atomic E-state index is 4.27. The monoisotopic (exact) mass is 216 g/mol. The molecule has 0 fully saturated rings. The van der Waals surface area contributed by atoms with Gasteiger partial charge in [0, 0.05) is 18.1 Å². The molecule has 0 bridgehead atoms. The van der Waals surface area contributed by atoms with Gasteiger partial charge in [-0.3, -0.25) is 4.68 Å². The van der Waals surface area contributed by atoms with Crippen LogP contribution < -0.4 is 0 Å². The number of aryl methyl sites for hydroxylation is 3. The predicted molar refractivity (Wildman–Crippen MR) is 50.1 cm³/mol. The molecule has 0 spiro atoms. The van der Waals surface area contributed by atoms with E-state index >= 15 is 0 Å². The molecule has 0 saturated carbocycles. The van der Waals surface area contributed by atoms with Crippen molar-refractivity contribution in [3.8, 4) is 0 Å². The zero-order valence-electron chi connectivity index (χ0n) is 6.97. The Morgan fingerprint density at radius 1 is 1.64 bits per heavy atom. The van der Waals surface area contributed by atoms with Crippen LogP contribution in [-0.4, -0.2) is 15.1 Å². The van der Waals surface area contributed by atoms with Gasteiger partial charge in [0.25, 0.3) is 0 Å². The van der Waals surface area contributed by atoms with Crippen molar-refractivity contribution >= 4 is 15.9 Å². The van der Waals surface area contributed by atoms with E-state index in [9.17, 15) is 0 Å². The van der Waals surface area contributed by atoms with Crippen LogP contribution in [0.3, 0.4) is 0 Å². The van der Waals surface area contributed by atoms with Crippen molar-refractivity contribution in [2.75, 3.05) is 5.33 Å². The highest BCUT2D eigenvalue weighted by molar-refractivity contribution is 9.09. The molecule has 0 radical (unpaired) electrons. The van der Waals surface area contributed by atoms with Crippen LogP contribution in [0.15, 0.2) is 6.07 Å². The van der Waals surface area contributed by atoms with E-state index in [1.54, 1.807) is 0 Å². The minimum Gasteiger partial charge on any atom is -0.272 e. The maximum Gasteiger partial charge on any atom is 0.0596 e. The summed E-state index contributed by atoms with van der Waals surface area (Å²) >= 11 is 3.41. The zero-order valence-corrected chi connectivity index (χ0v) is 8.56. The van der Waals surface area contributed by atoms with E-state index < -0.39 is 0 Å². The highest BCUT2D eigenvalue weighted by Gasteiger charge is 1.99. The number of aromatic nitrogens is 2. The Labute approximate surface area is 75.7 Å². The van der Waals surface area contributed by atoms with Crippen LogP contribution in [-0.2, 0) is 13.5 Å². The predicted octanol–water partition coefficient (Wildman–Crippen LogP) is 2.06. The van der Waals surface area contributed by atoms with Crippen LogP contribution in [0, 0.1) is 6.92 Å². The molecule has 3 heteroatoms. The minimum absolute atomic E-state index is 1.07. The second-order valence-electron chi connectivity index (χ2n) is 2.69. The van der Waals surface area contributed by atoms with Crippen molar-refractivity contribution in [1.29, 1.82) is 0 Å². The van der Waals surface area contributed by atoms with Gasteiger partial charge in [-0.15, -0.1) is 0 Å². The molecule has 2 nitrogen and oxygen atoms in total. The Morgan fingerprint density at radius 2 is 2.36 bits per heavy atom. The standard InChI is InChI=1S/C8H13BrN2/c1-7-6-8(4-3-5-9)11(2)10-7/h6H,3-5H2,1-2H3. The Morgan fingerprint density at radius 3 is 2.82 bits per heavy atom. The summed E-state index contributed by atoms with van der Waals surface area (Å²) in [6.07, 6.45) is 2.29. The summed E-state index contributed by atoms with van der Waals surface area (Å²) in [4.78, 5) is 0. The minimum atomic E-state index is 1.07. The first kappa shape index (κ1) is 8.78. The average molecular weight is 217 g/mol. The molecule has 11 heavy (non-hydrogen) atoms. The van der Waals surface area contributed by atoms with Crippen molar-refractivity contribution in [2.24, 2.45) is 7.05 Å². The molecular weight excluding hydrogens is 204 g/mol. The van der Waals surface area contributed by atoms with E-state index in [2.05, 4.69) is 27.1 Å². The third-order valence-electron chi connectivity index (χ3n) is 1.67. The fraction of sp³-hybridized carbons (Fsp3) is 0.625. The molecule has 1 aromatic rings. The van der Waals surface area contributed by atoms with Crippen LogP contribution in [0.4, 0.5) is 0 Å². The zero-order chi connectivity index (χ0) is 8.27. The number of halogens is 1. The highest BCUT2D eigenvalue weighted by atomic mass is 79.9. The van der Waals surface area contributed by atoms with Crippen LogP contribution in [0.2, 0.25) is 0 Å². The largest absolute Gasteiger partial charge is 0.272 e. The van der Waals surface area contributed by atoms with E-state index in [0.717, 1.165) is 17.4 Å². The maximum absolute atomic E-state index is 4.27. The van der Waals surface area contributed by atoms with Crippen LogP contribution in [0.25, 0.3) is 0 Å². The van der Waals surface area contributed by atoms with Crippen molar-refractivity contribution in [3.05, 3.63) is 17.5 Å². The fourth-order valence-corrected chi connectivity index (χ4v) is 1.43. The summed E-state index contributed by atoms with van der Waals surface area (Å²) in [7, 11) is 2.00. The lowest BCUT2D eigenvalue weighted by molar-refractivity contribution is 0.694. The average Bonchev–Trinajstić information content (AvgIpc) is 2.26. The van der Waals surface area contributed by atoms with Crippen LogP contribution >= 0.6 is 15.9 Å². The summed E-state index contributed by atoms with van der Waals surface area (Å²) in [5, 5.41) is 5.33. The normalized spacial score (nSPS) is 10.5. The smallest absolute Gasteiger partial charge is 0.0596 e. The van der Waals surface area contributed by atoms with Crippen molar-refractivity contribution in [3.63, 3.8) is 0 Å². The number of hydrogen-bond acceptors (Lipinski definition) is 1. The molecular formula is C8H13BrN2. The van der Waals surface area contributed by atoms with Gasteiger partial charge in [-0.25, -0.2) is 0 Å². The molecule has 0 aliphatic carbocycles. The Balaban J connectivity index is 2.62. The first-order chi connectivity index (χ1) is 5.24. The van der Waals surface area contributed by atoms with Gasteiger partial charge in [0.05, 0.1) is 5.69 Å². The summed E-state index contributed by atoms with van der Waals surface area (Å²) in [6.45, 7) is 2.03. The molecule has 1 heterocycles. The Bertz CT molecular complexity index is 230. The Kier molecular flexibility index (Phi) is 3.12. The van der Waals surface area contributed by atoms with Gasteiger partial charge < -0.3 is 0 Å². The molecule has 62 valence electrons. The second kappa shape index (κ2) is 3.90. The molecule has 0 aromatic carbocycles. The third kappa shape index (κ3) is 2.33. The molecule has 0 atom stereocenters. The molecule has 0 aliphatic rings. The van der Waals surface area contributed by atoms with Gasteiger partial charge in [-0.2, -0.15) is 5.10 Å². The van der Waals surface area contributed by atoms with E-state index in [1.807, 2.05) is 18.7 Å². The van der Waals surface area contributed by atoms with Crippen LogP contribution in [0.5, 0.6) is 0 Å². The number of alkyl halides is 1. The molecule has 0 aliphatic heterocycles. The quantitative estimate of drug-likeness (QED) is 0.708. The molecule has 0 unspecified atom stereocenters. The Hall–Kier alpha value is -0.310. The van der Waals surface area contributed by atoms with Crippen molar-refractivity contribution in [1.82, 2.24) is 9.78 Å². The third-order valence-corrected chi connectivity index (χ3v) is 2.23. The van der Waals surface area contributed by atoms with Gasteiger partial charge in [-0.1, -0.05) is 15.9 Å². The summed E-state index contributed by atoms with van der Waals surface area (Å²) < 4.78 is 1.96. The topological polar surface area (TPSA) is 17.8 Å². The molecule has 0 amide bonds. The van der Waals surface area contributed by atoms with Gasteiger partial charge in [0.1, 0.15) is 0 Å². The van der Waals surface area contributed by atoms with Gasteiger partial charge in [0.15, 0.2) is 0 Å². The van der Waals surface area contributed by atoms with Gasteiger partial charge in [-0.05, 0) is 25.8 Å². The molecule has 1 aromatic heterocycles. The summed E-state index contributed by atoms with van der Waals surface area (Å²) in [6, 6.07) is 2.14. The fourth-order valence-electron chi connectivity index (χ4n) is 1.15. The first-order valence-corrected chi connectivity index (χ1v) is 4.91. The van der Waals surface area contributed by atoms with Gasteiger partial charge >= 0.3 is 0 Å². The van der Waals surface area contributed by atoms with Crippen molar-refractivity contribution < 1.29 is 0 Å². The molecule has 0 saturated heterocycles. The lowest BCUT2D eigenvalue weighted by Gasteiger charge is -1.97. The van der Waals surface area contributed by atoms with Crippen LogP contribution in [0.1, 0.15) is 17.8 Å². The van der Waals surface area contributed by atoms with Crippen molar-refractivity contribution in [2.45, 2.75) is 19.8 Å². The summed E-state index contributed by atoms with van der Waals surface area (Å²) in [5.74, 6) is 0. The number of hydrogen-bond donors (Lipinski definition) is 0. The second-order valence-corrected chi connectivity index (χ2v) is 3.49.